The van der Waals surface area contributed by atoms with Crippen LogP contribution in [-0.2, 0) is 12.7 Å². The van der Waals surface area contributed by atoms with Crippen molar-refractivity contribution in [2.45, 2.75) is 19.6 Å². The van der Waals surface area contributed by atoms with E-state index in [0.29, 0.717) is 6.07 Å². The van der Waals surface area contributed by atoms with Gasteiger partial charge in [0.1, 0.15) is 0 Å². The summed E-state index contributed by atoms with van der Waals surface area (Å²) in [6.45, 7) is 1.53. The van der Waals surface area contributed by atoms with Gasteiger partial charge in [0.25, 0.3) is 0 Å². The zero-order chi connectivity index (χ0) is 10.9. The lowest BCUT2D eigenvalue weighted by molar-refractivity contribution is -0.255. The van der Waals surface area contributed by atoms with Crippen LogP contribution in [0.1, 0.15) is 23.1 Å². The molecule has 0 aliphatic carbocycles. The third kappa shape index (κ3) is 1.86. The lowest BCUT2D eigenvalue weighted by Gasteiger charge is -2.03. The molecule has 1 aromatic heterocycles. The van der Waals surface area contributed by atoms with Gasteiger partial charge in [-0.25, -0.2) is 0 Å². The lowest BCUT2D eigenvalue weighted by atomic mass is 10.3. The smallest absolute Gasteiger partial charge is 0.435 e. The average Bonchev–Trinajstić information content (AvgIpc) is 2.45. The van der Waals surface area contributed by atoms with Crippen LogP contribution in [0.5, 0.6) is 0 Å². The molecule has 14 heavy (non-hydrogen) atoms. The SMILES string of the molecule is CCn1nc(C(F)(F)F)cc1C(=O)[O-]. The normalized spacial score (nSPS) is 11.7. The Morgan fingerprint density at radius 3 is 2.50 bits per heavy atom. The molecular formula is C7H6F3N2O2-. The second kappa shape index (κ2) is 3.32. The summed E-state index contributed by atoms with van der Waals surface area (Å²) in [5.74, 6) is -1.67. The maximum absolute atomic E-state index is 12.1. The molecule has 0 spiro atoms. The first-order valence-electron chi connectivity index (χ1n) is 3.72. The fourth-order valence-electron chi connectivity index (χ4n) is 0.961. The van der Waals surface area contributed by atoms with Crippen molar-refractivity contribution in [3.8, 4) is 0 Å². The molecule has 0 saturated heterocycles. The Kier molecular flexibility index (Phi) is 2.50. The standard InChI is InChI=1S/C7H7F3N2O2/c1-2-12-4(6(13)14)3-5(11-12)7(8,9)10/h3H,2H2,1H3,(H,13,14)/p-1. The maximum Gasteiger partial charge on any atom is 0.435 e. The van der Waals surface area contributed by atoms with Crippen molar-refractivity contribution in [3.63, 3.8) is 0 Å². The van der Waals surface area contributed by atoms with Crippen molar-refractivity contribution in [1.29, 1.82) is 0 Å². The number of rotatable bonds is 2. The van der Waals surface area contributed by atoms with Crippen LogP contribution in [0, 0.1) is 0 Å². The number of alkyl halides is 3. The molecule has 0 unspecified atom stereocenters. The summed E-state index contributed by atoms with van der Waals surface area (Å²) in [7, 11) is 0. The monoisotopic (exact) mass is 207 g/mol. The van der Waals surface area contributed by atoms with E-state index in [1.165, 1.54) is 6.92 Å². The van der Waals surface area contributed by atoms with Crippen LogP contribution in [0.15, 0.2) is 6.07 Å². The minimum absolute atomic E-state index is 0.0411. The Bertz CT molecular complexity index is 356. The summed E-state index contributed by atoms with van der Waals surface area (Å²) in [6.07, 6.45) is -4.63. The molecule has 78 valence electrons. The molecule has 0 amide bonds. The van der Waals surface area contributed by atoms with E-state index >= 15 is 0 Å². The molecule has 1 rings (SSSR count). The zero-order valence-electron chi connectivity index (χ0n) is 7.13. The van der Waals surface area contributed by atoms with Crippen LogP contribution in [0.4, 0.5) is 13.2 Å². The Morgan fingerprint density at radius 1 is 1.64 bits per heavy atom. The Balaban J connectivity index is 3.20. The molecule has 0 atom stereocenters. The molecule has 7 heteroatoms. The molecule has 0 N–H and O–H groups in total. The fourth-order valence-corrected chi connectivity index (χ4v) is 0.961. The number of carboxylic acid groups (broad SMARTS) is 1. The van der Waals surface area contributed by atoms with E-state index < -0.39 is 23.5 Å². The third-order valence-electron chi connectivity index (χ3n) is 1.58. The van der Waals surface area contributed by atoms with E-state index in [9.17, 15) is 23.1 Å². The molecular weight excluding hydrogens is 201 g/mol. The molecule has 0 saturated carbocycles. The number of hydrogen-bond acceptors (Lipinski definition) is 3. The van der Waals surface area contributed by atoms with Crippen LogP contribution in [-0.4, -0.2) is 15.7 Å². The second-order valence-corrected chi connectivity index (χ2v) is 2.52. The third-order valence-corrected chi connectivity index (χ3v) is 1.58. The summed E-state index contributed by atoms with van der Waals surface area (Å²) in [4.78, 5) is 10.4. The summed E-state index contributed by atoms with van der Waals surface area (Å²) < 4.78 is 37.0. The molecule has 0 radical (unpaired) electrons. The van der Waals surface area contributed by atoms with E-state index in [-0.39, 0.29) is 6.54 Å². The number of carboxylic acids is 1. The topological polar surface area (TPSA) is 58.0 Å². The Morgan fingerprint density at radius 2 is 2.21 bits per heavy atom. The largest absolute Gasteiger partial charge is 0.543 e. The van der Waals surface area contributed by atoms with Gasteiger partial charge in [-0.05, 0) is 13.0 Å². The number of carbonyl (C=O) groups excluding carboxylic acids is 1. The number of carbonyl (C=O) groups is 1. The summed E-state index contributed by atoms with van der Waals surface area (Å²) in [5.41, 5.74) is -1.79. The van der Waals surface area contributed by atoms with Gasteiger partial charge >= 0.3 is 6.18 Å². The molecule has 4 nitrogen and oxygen atoms in total. The Labute approximate surface area is 77.0 Å². The van der Waals surface area contributed by atoms with Crippen molar-refractivity contribution in [2.75, 3.05) is 0 Å². The number of aryl methyl sites for hydroxylation is 1. The van der Waals surface area contributed by atoms with E-state index in [0.717, 1.165) is 4.68 Å². The van der Waals surface area contributed by atoms with Crippen LogP contribution < -0.4 is 5.11 Å². The molecule has 0 aromatic carbocycles. The number of nitrogens with zero attached hydrogens (tertiary/aromatic N) is 2. The number of aromatic carboxylic acids is 1. The van der Waals surface area contributed by atoms with Crippen LogP contribution >= 0.6 is 0 Å². The van der Waals surface area contributed by atoms with Gasteiger partial charge in [-0.2, -0.15) is 18.3 Å². The van der Waals surface area contributed by atoms with Crippen LogP contribution in [0.2, 0.25) is 0 Å². The van der Waals surface area contributed by atoms with Crippen molar-refractivity contribution < 1.29 is 23.1 Å². The fraction of sp³-hybridized carbons (Fsp3) is 0.429. The van der Waals surface area contributed by atoms with Crippen molar-refractivity contribution >= 4 is 5.97 Å². The summed E-state index contributed by atoms with van der Waals surface area (Å²) >= 11 is 0. The van der Waals surface area contributed by atoms with Crippen molar-refractivity contribution in [3.05, 3.63) is 17.5 Å². The van der Waals surface area contributed by atoms with Gasteiger partial charge in [-0.3, -0.25) is 4.68 Å². The number of halogens is 3. The van der Waals surface area contributed by atoms with E-state index in [1.54, 1.807) is 0 Å². The predicted octanol–water partition coefficient (Wildman–Crippen LogP) is 0.285. The summed E-state index contributed by atoms with van der Waals surface area (Å²) in [5, 5.41) is 13.5. The lowest BCUT2D eigenvalue weighted by Crippen LogP contribution is -2.25. The number of aromatic nitrogens is 2. The minimum atomic E-state index is -4.63. The van der Waals surface area contributed by atoms with E-state index in [1.807, 2.05) is 0 Å². The van der Waals surface area contributed by atoms with Crippen molar-refractivity contribution in [2.24, 2.45) is 0 Å². The number of hydrogen-bond donors (Lipinski definition) is 0. The Hall–Kier alpha value is -1.53. The minimum Gasteiger partial charge on any atom is -0.543 e. The maximum atomic E-state index is 12.1. The highest BCUT2D eigenvalue weighted by Gasteiger charge is 2.34. The van der Waals surface area contributed by atoms with Gasteiger partial charge in [-0.1, -0.05) is 0 Å². The first kappa shape index (κ1) is 10.6. The van der Waals surface area contributed by atoms with E-state index in [2.05, 4.69) is 5.10 Å². The van der Waals surface area contributed by atoms with Gasteiger partial charge in [0.15, 0.2) is 5.69 Å². The van der Waals surface area contributed by atoms with Crippen molar-refractivity contribution in [1.82, 2.24) is 9.78 Å². The first-order valence-corrected chi connectivity index (χ1v) is 3.72. The molecule has 0 bridgehead atoms. The van der Waals surface area contributed by atoms with Gasteiger partial charge in [0.05, 0.1) is 11.7 Å². The molecule has 0 aliphatic heterocycles. The first-order chi connectivity index (χ1) is 6.36. The molecule has 0 fully saturated rings. The molecule has 1 aromatic rings. The average molecular weight is 207 g/mol. The molecule has 1 heterocycles. The van der Waals surface area contributed by atoms with Gasteiger partial charge in [-0.15, -0.1) is 0 Å². The highest BCUT2D eigenvalue weighted by atomic mass is 19.4. The van der Waals surface area contributed by atoms with Gasteiger partial charge < -0.3 is 9.90 Å². The highest BCUT2D eigenvalue weighted by molar-refractivity contribution is 5.83. The highest BCUT2D eigenvalue weighted by Crippen LogP contribution is 2.28. The quantitative estimate of drug-likeness (QED) is 0.700. The van der Waals surface area contributed by atoms with Gasteiger partial charge in [0.2, 0.25) is 0 Å². The second-order valence-electron chi connectivity index (χ2n) is 2.52. The molecule has 0 aliphatic rings. The van der Waals surface area contributed by atoms with E-state index in [4.69, 9.17) is 0 Å². The van der Waals surface area contributed by atoms with Gasteiger partial charge in [0, 0.05) is 6.54 Å². The predicted molar refractivity (Wildman–Crippen MR) is 37.2 cm³/mol. The summed E-state index contributed by atoms with van der Waals surface area (Å²) in [6, 6.07) is 0.457. The zero-order valence-corrected chi connectivity index (χ0v) is 7.13. The van der Waals surface area contributed by atoms with Crippen LogP contribution in [0.3, 0.4) is 0 Å². The van der Waals surface area contributed by atoms with Crippen LogP contribution in [0.25, 0.3) is 0 Å².